The van der Waals surface area contributed by atoms with Crippen molar-refractivity contribution in [1.82, 2.24) is 14.3 Å². The molecule has 0 saturated carbocycles. The number of aryl methyl sites for hydroxylation is 5. The molecule has 26 heavy (non-hydrogen) atoms. The summed E-state index contributed by atoms with van der Waals surface area (Å²) in [4.78, 5) is 18.1. The summed E-state index contributed by atoms with van der Waals surface area (Å²) in [5.74, 6) is 0.748. The molecular formula is C19H24N4OS2. The van der Waals surface area contributed by atoms with Crippen LogP contribution in [-0.4, -0.2) is 32.3 Å². The monoisotopic (exact) mass is 388 g/mol. The van der Waals surface area contributed by atoms with Gasteiger partial charge < -0.3 is 4.57 Å². The minimum Gasteiger partial charge on any atom is -0.315 e. The number of rotatable bonds is 5. The number of carbonyl (C=O) groups is 1. The van der Waals surface area contributed by atoms with Gasteiger partial charge in [0.15, 0.2) is 4.80 Å². The van der Waals surface area contributed by atoms with Gasteiger partial charge in [0, 0.05) is 18.8 Å². The van der Waals surface area contributed by atoms with Gasteiger partial charge >= 0.3 is 0 Å². The molecule has 0 atom stereocenters. The number of hydrogen-bond donors (Lipinski definition) is 0. The van der Waals surface area contributed by atoms with E-state index in [4.69, 9.17) is 0 Å². The van der Waals surface area contributed by atoms with Crippen LogP contribution in [0.2, 0.25) is 0 Å². The Labute approximate surface area is 161 Å². The van der Waals surface area contributed by atoms with Crippen molar-refractivity contribution in [3.05, 3.63) is 45.5 Å². The highest BCUT2D eigenvalue weighted by Gasteiger charge is 2.15. The fourth-order valence-electron chi connectivity index (χ4n) is 3.10. The Bertz CT molecular complexity index is 1030. The summed E-state index contributed by atoms with van der Waals surface area (Å²) < 4.78 is 5.09. The van der Waals surface area contributed by atoms with Crippen molar-refractivity contribution in [2.24, 2.45) is 4.99 Å². The van der Waals surface area contributed by atoms with Crippen molar-refractivity contribution in [2.45, 2.75) is 40.8 Å². The number of fused-ring (bicyclic) bond motifs is 1. The van der Waals surface area contributed by atoms with E-state index in [9.17, 15) is 4.79 Å². The van der Waals surface area contributed by atoms with Crippen molar-refractivity contribution in [1.29, 1.82) is 0 Å². The Morgan fingerprint density at radius 2 is 2.04 bits per heavy atom. The normalized spacial score (nSPS) is 12.3. The van der Waals surface area contributed by atoms with Crippen LogP contribution in [0.15, 0.2) is 23.2 Å². The van der Waals surface area contributed by atoms with Gasteiger partial charge in [0.1, 0.15) is 5.69 Å². The maximum Gasteiger partial charge on any atom is 0.297 e. The molecule has 2 heterocycles. The summed E-state index contributed by atoms with van der Waals surface area (Å²) in [6.07, 6.45) is 2.09. The Balaban J connectivity index is 2.17. The van der Waals surface area contributed by atoms with E-state index in [1.807, 2.05) is 19.9 Å². The summed E-state index contributed by atoms with van der Waals surface area (Å²) in [7, 11) is 0. The van der Waals surface area contributed by atoms with E-state index < -0.39 is 0 Å². The van der Waals surface area contributed by atoms with Crippen molar-refractivity contribution in [3.8, 4) is 0 Å². The molecule has 0 bridgehead atoms. The van der Waals surface area contributed by atoms with Crippen LogP contribution in [0.25, 0.3) is 10.2 Å². The van der Waals surface area contributed by atoms with Crippen LogP contribution in [0.1, 0.15) is 34.2 Å². The number of hydrogen-bond acceptors (Lipinski definition) is 4. The standard InChI is InChI=1S/C19H24N4OS2/c1-6-23-16(11-14(4)21-23)18(24)20-19-22(7-8-25-5)15-10-12(2)9-13(3)17(15)26-19/h9-11H,6-8H2,1-5H3. The molecule has 0 saturated heterocycles. The minimum atomic E-state index is -0.230. The van der Waals surface area contributed by atoms with Gasteiger partial charge in [-0.25, -0.2) is 0 Å². The lowest BCUT2D eigenvalue weighted by molar-refractivity contribution is 0.0987. The first-order valence-corrected chi connectivity index (χ1v) is 10.9. The van der Waals surface area contributed by atoms with Crippen molar-refractivity contribution >= 4 is 39.2 Å². The van der Waals surface area contributed by atoms with Crippen molar-refractivity contribution in [3.63, 3.8) is 0 Å². The third kappa shape index (κ3) is 3.64. The van der Waals surface area contributed by atoms with E-state index in [1.54, 1.807) is 27.8 Å². The van der Waals surface area contributed by atoms with Gasteiger partial charge in [-0.15, -0.1) is 0 Å². The van der Waals surface area contributed by atoms with E-state index in [1.165, 1.54) is 15.8 Å². The highest BCUT2D eigenvalue weighted by Crippen LogP contribution is 2.23. The van der Waals surface area contributed by atoms with Crippen LogP contribution in [0.3, 0.4) is 0 Å². The Kier molecular flexibility index (Phi) is 5.67. The van der Waals surface area contributed by atoms with Gasteiger partial charge in [0.25, 0.3) is 5.91 Å². The van der Waals surface area contributed by atoms with Crippen LogP contribution in [0.5, 0.6) is 0 Å². The maximum absolute atomic E-state index is 12.8. The fraction of sp³-hybridized carbons (Fsp3) is 0.421. The maximum atomic E-state index is 12.8. The summed E-state index contributed by atoms with van der Waals surface area (Å²) in [5.41, 5.74) is 5.00. The average molecular weight is 389 g/mol. The highest BCUT2D eigenvalue weighted by molar-refractivity contribution is 7.98. The van der Waals surface area contributed by atoms with E-state index in [2.05, 4.69) is 46.9 Å². The van der Waals surface area contributed by atoms with Crippen molar-refractivity contribution < 1.29 is 4.79 Å². The number of thiazole rings is 1. The molecule has 0 fully saturated rings. The van der Waals surface area contributed by atoms with Gasteiger partial charge in [-0.05, 0) is 57.2 Å². The number of carbonyl (C=O) groups excluding carboxylic acids is 1. The molecule has 1 amide bonds. The zero-order chi connectivity index (χ0) is 18.8. The second kappa shape index (κ2) is 7.80. The van der Waals surface area contributed by atoms with Crippen LogP contribution in [-0.2, 0) is 13.1 Å². The first kappa shape index (κ1) is 18.9. The lowest BCUT2D eigenvalue weighted by atomic mass is 10.1. The van der Waals surface area contributed by atoms with Gasteiger partial charge in [-0.3, -0.25) is 9.48 Å². The van der Waals surface area contributed by atoms with Gasteiger partial charge in [-0.2, -0.15) is 21.9 Å². The topological polar surface area (TPSA) is 52.2 Å². The smallest absolute Gasteiger partial charge is 0.297 e. The average Bonchev–Trinajstić information content (AvgIpc) is 3.13. The molecular weight excluding hydrogens is 364 g/mol. The molecule has 1 aromatic carbocycles. The lowest BCUT2D eigenvalue weighted by Gasteiger charge is -2.05. The first-order valence-electron chi connectivity index (χ1n) is 8.67. The number of benzene rings is 1. The first-order chi connectivity index (χ1) is 12.4. The van der Waals surface area contributed by atoms with Gasteiger partial charge in [0.05, 0.1) is 15.9 Å². The molecule has 0 spiro atoms. The zero-order valence-electron chi connectivity index (χ0n) is 15.9. The second-order valence-electron chi connectivity index (χ2n) is 6.36. The van der Waals surface area contributed by atoms with E-state index >= 15 is 0 Å². The summed E-state index contributed by atoms with van der Waals surface area (Å²) in [6.45, 7) is 9.59. The summed E-state index contributed by atoms with van der Waals surface area (Å²) >= 11 is 3.38. The third-order valence-corrected chi connectivity index (χ3v) is 6.07. The lowest BCUT2D eigenvalue weighted by Crippen LogP contribution is -2.19. The summed E-state index contributed by atoms with van der Waals surface area (Å²) in [6, 6.07) is 6.17. The predicted molar refractivity (Wildman–Crippen MR) is 110 cm³/mol. The van der Waals surface area contributed by atoms with Crippen LogP contribution >= 0.6 is 23.1 Å². The Hall–Kier alpha value is -1.86. The largest absolute Gasteiger partial charge is 0.315 e. The number of amides is 1. The van der Waals surface area contributed by atoms with E-state index in [0.717, 1.165) is 28.3 Å². The fourth-order valence-corrected chi connectivity index (χ4v) is 4.57. The van der Waals surface area contributed by atoms with Crippen molar-refractivity contribution in [2.75, 3.05) is 12.0 Å². The van der Waals surface area contributed by atoms with E-state index in [-0.39, 0.29) is 5.91 Å². The molecule has 0 N–H and O–H groups in total. The molecule has 2 aromatic heterocycles. The Morgan fingerprint density at radius 3 is 2.73 bits per heavy atom. The minimum absolute atomic E-state index is 0.230. The van der Waals surface area contributed by atoms with Gasteiger partial charge in [-0.1, -0.05) is 17.4 Å². The quantitative estimate of drug-likeness (QED) is 0.665. The summed E-state index contributed by atoms with van der Waals surface area (Å²) in [5, 5.41) is 4.36. The molecule has 0 aliphatic carbocycles. The molecule has 7 heteroatoms. The molecule has 3 rings (SSSR count). The molecule has 0 aliphatic rings. The Morgan fingerprint density at radius 1 is 1.27 bits per heavy atom. The molecule has 3 aromatic rings. The van der Waals surface area contributed by atoms with Gasteiger partial charge in [0.2, 0.25) is 0 Å². The number of thioether (sulfide) groups is 1. The van der Waals surface area contributed by atoms with Crippen LogP contribution in [0.4, 0.5) is 0 Å². The molecule has 5 nitrogen and oxygen atoms in total. The van der Waals surface area contributed by atoms with E-state index in [0.29, 0.717) is 12.2 Å². The number of nitrogens with zero attached hydrogens (tertiary/aromatic N) is 4. The molecule has 138 valence electrons. The van der Waals surface area contributed by atoms with Crippen LogP contribution < -0.4 is 4.80 Å². The second-order valence-corrected chi connectivity index (χ2v) is 8.33. The molecule has 0 aliphatic heterocycles. The predicted octanol–water partition coefficient (Wildman–Crippen LogP) is 3.95. The molecule has 0 radical (unpaired) electrons. The SMILES string of the molecule is CCn1nc(C)cc1C(=O)N=c1sc2c(C)cc(C)cc2n1CCSC. The third-order valence-electron chi connectivity index (χ3n) is 4.25. The zero-order valence-corrected chi connectivity index (χ0v) is 17.5. The molecule has 0 unspecified atom stereocenters. The number of aromatic nitrogens is 3. The highest BCUT2D eigenvalue weighted by atomic mass is 32.2. The van der Waals surface area contributed by atoms with Crippen LogP contribution in [0, 0.1) is 20.8 Å².